The van der Waals surface area contributed by atoms with Crippen molar-refractivity contribution >= 4 is 34.6 Å². The van der Waals surface area contributed by atoms with Crippen LogP contribution >= 0.6 is 22.9 Å². The molecule has 0 aliphatic heterocycles. The van der Waals surface area contributed by atoms with E-state index in [0.29, 0.717) is 12.5 Å². The molecule has 5 heteroatoms. The second-order valence-electron chi connectivity index (χ2n) is 4.65. The van der Waals surface area contributed by atoms with Gasteiger partial charge in [-0.15, -0.1) is 11.3 Å². The zero-order valence-corrected chi connectivity index (χ0v) is 13.2. The lowest BCUT2D eigenvalue weighted by Gasteiger charge is -2.07. The fourth-order valence-corrected chi connectivity index (χ4v) is 2.86. The van der Waals surface area contributed by atoms with Crippen LogP contribution in [-0.4, -0.2) is 12.5 Å². The molecule has 3 N–H and O–H groups in total. The van der Waals surface area contributed by atoms with Crippen LogP contribution in [0.1, 0.15) is 16.0 Å². The number of nitrogens with one attached hydrogen (secondary N) is 1. The first-order chi connectivity index (χ1) is 9.54. The van der Waals surface area contributed by atoms with Crippen LogP contribution < -0.4 is 11.1 Å². The molecule has 0 atom stereocenters. The van der Waals surface area contributed by atoms with Crippen LogP contribution in [0.3, 0.4) is 0 Å². The van der Waals surface area contributed by atoms with E-state index in [1.807, 2.05) is 18.2 Å². The number of nitrogens with two attached hydrogens (primary N) is 1. The normalized spacial score (nSPS) is 11.7. The van der Waals surface area contributed by atoms with Crippen LogP contribution in [0.2, 0.25) is 4.34 Å². The monoisotopic (exact) mass is 307 g/mol. The number of aliphatic imine (C=N–C) groups is 1. The molecule has 1 aromatic carbocycles. The van der Waals surface area contributed by atoms with E-state index < -0.39 is 0 Å². The highest BCUT2D eigenvalue weighted by molar-refractivity contribution is 7.16. The van der Waals surface area contributed by atoms with Gasteiger partial charge in [0.2, 0.25) is 0 Å². The smallest absolute Gasteiger partial charge is 0.193 e. The maximum Gasteiger partial charge on any atom is 0.193 e. The maximum absolute atomic E-state index is 5.88. The van der Waals surface area contributed by atoms with Gasteiger partial charge in [-0.25, -0.2) is 0 Å². The van der Waals surface area contributed by atoms with Crippen LogP contribution in [-0.2, 0) is 6.42 Å². The third-order valence-corrected chi connectivity index (χ3v) is 4.34. The average molecular weight is 308 g/mol. The van der Waals surface area contributed by atoms with Crippen molar-refractivity contribution < 1.29 is 0 Å². The lowest BCUT2D eigenvalue weighted by atomic mass is 10.1. The Labute approximate surface area is 128 Å². The standard InChI is InChI=1S/C15H18ClN3S/c1-10-3-4-12(9-11(10)2)19-15(17)18-8-7-13-5-6-14(16)20-13/h3-6,9H,7-8H2,1-2H3,(H3,17,18,19). The van der Waals surface area contributed by atoms with Crippen LogP contribution in [0.4, 0.5) is 5.69 Å². The molecule has 2 aromatic rings. The first kappa shape index (κ1) is 14.9. The lowest BCUT2D eigenvalue weighted by Crippen LogP contribution is -2.23. The number of anilines is 1. The number of halogens is 1. The Kier molecular flexibility index (Phi) is 5.04. The first-order valence-corrected chi connectivity index (χ1v) is 7.62. The van der Waals surface area contributed by atoms with E-state index in [4.69, 9.17) is 17.3 Å². The molecule has 0 spiro atoms. The van der Waals surface area contributed by atoms with Crippen molar-refractivity contribution in [3.63, 3.8) is 0 Å². The molecule has 106 valence electrons. The average Bonchev–Trinajstić information content (AvgIpc) is 2.80. The van der Waals surface area contributed by atoms with E-state index in [9.17, 15) is 0 Å². The minimum absolute atomic E-state index is 0.441. The highest BCUT2D eigenvalue weighted by atomic mass is 35.5. The highest BCUT2D eigenvalue weighted by Crippen LogP contribution is 2.21. The van der Waals surface area contributed by atoms with Crippen molar-refractivity contribution in [3.05, 3.63) is 50.7 Å². The molecule has 0 radical (unpaired) electrons. The summed E-state index contributed by atoms with van der Waals surface area (Å²) >= 11 is 7.46. The minimum Gasteiger partial charge on any atom is -0.370 e. The molecule has 0 unspecified atom stereocenters. The summed E-state index contributed by atoms with van der Waals surface area (Å²) in [6, 6.07) is 10.1. The molecule has 0 amide bonds. The van der Waals surface area contributed by atoms with Gasteiger partial charge in [-0.3, -0.25) is 4.99 Å². The van der Waals surface area contributed by atoms with Crippen molar-refractivity contribution in [1.82, 2.24) is 0 Å². The van der Waals surface area contributed by atoms with Crippen LogP contribution in [0.5, 0.6) is 0 Å². The summed E-state index contributed by atoms with van der Waals surface area (Å²) in [5.74, 6) is 0.441. The number of rotatable bonds is 4. The minimum atomic E-state index is 0.441. The van der Waals surface area contributed by atoms with E-state index in [1.54, 1.807) is 11.3 Å². The van der Waals surface area contributed by atoms with Crippen molar-refractivity contribution in [2.24, 2.45) is 10.7 Å². The number of thiophene rings is 1. The number of aryl methyl sites for hydroxylation is 2. The van der Waals surface area contributed by atoms with Crippen LogP contribution in [0, 0.1) is 13.8 Å². The Morgan fingerprint density at radius 1 is 1.25 bits per heavy atom. The predicted molar refractivity (Wildman–Crippen MR) is 89.1 cm³/mol. The van der Waals surface area contributed by atoms with E-state index in [0.717, 1.165) is 16.4 Å². The highest BCUT2D eigenvalue weighted by Gasteiger charge is 1.99. The third kappa shape index (κ3) is 4.25. The fraction of sp³-hybridized carbons (Fsp3) is 0.267. The van der Waals surface area contributed by atoms with Gasteiger partial charge in [-0.1, -0.05) is 17.7 Å². The third-order valence-electron chi connectivity index (χ3n) is 3.05. The van der Waals surface area contributed by atoms with E-state index in [2.05, 4.69) is 36.3 Å². The molecule has 1 heterocycles. The molecule has 0 aliphatic rings. The van der Waals surface area contributed by atoms with Gasteiger partial charge in [0.25, 0.3) is 0 Å². The number of hydrogen-bond donors (Lipinski definition) is 2. The maximum atomic E-state index is 5.88. The number of guanidine groups is 1. The second-order valence-corrected chi connectivity index (χ2v) is 6.45. The number of hydrogen-bond acceptors (Lipinski definition) is 2. The molecule has 0 fully saturated rings. The Hall–Kier alpha value is -1.52. The summed E-state index contributed by atoms with van der Waals surface area (Å²) in [6.07, 6.45) is 0.854. The van der Waals surface area contributed by atoms with Gasteiger partial charge in [-0.05, 0) is 49.2 Å². The quantitative estimate of drug-likeness (QED) is 0.663. The Balaban J connectivity index is 1.88. The topological polar surface area (TPSA) is 50.4 Å². The van der Waals surface area contributed by atoms with E-state index in [-0.39, 0.29) is 0 Å². The first-order valence-electron chi connectivity index (χ1n) is 6.43. The summed E-state index contributed by atoms with van der Waals surface area (Å²) in [5.41, 5.74) is 9.34. The summed E-state index contributed by atoms with van der Waals surface area (Å²) < 4.78 is 0.810. The van der Waals surface area contributed by atoms with Gasteiger partial charge < -0.3 is 11.1 Å². The Morgan fingerprint density at radius 2 is 2.05 bits per heavy atom. The molecule has 0 saturated heterocycles. The van der Waals surface area contributed by atoms with Crippen LogP contribution in [0.25, 0.3) is 0 Å². The van der Waals surface area contributed by atoms with Crippen molar-refractivity contribution in [3.8, 4) is 0 Å². The molecule has 1 aromatic heterocycles. The van der Waals surface area contributed by atoms with Gasteiger partial charge >= 0.3 is 0 Å². The Morgan fingerprint density at radius 3 is 2.70 bits per heavy atom. The van der Waals surface area contributed by atoms with Crippen LogP contribution in [0.15, 0.2) is 35.3 Å². The second kappa shape index (κ2) is 6.77. The van der Waals surface area contributed by atoms with Gasteiger partial charge in [0, 0.05) is 23.5 Å². The molecule has 2 rings (SSSR count). The summed E-state index contributed by atoms with van der Waals surface area (Å²) in [6.45, 7) is 4.82. The zero-order valence-electron chi connectivity index (χ0n) is 11.6. The van der Waals surface area contributed by atoms with Gasteiger partial charge in [-0.2, -0.15) is 0 Å². The van der Waals surface area contributed by atoms with E-state index in [1.165, 1.54) is 16.0 Å². The molecule has 20 heavy (non-hydrogen) atoms. The fourth-order valence-electron chi connectivity index (χ4n) is 1.78. The van der Waals surface area contributed by atoms with E-state index >= 15 is 0 Å². The van der Waals surface area contributed by atoms with Crippen molar-refractivity contribution in [1.29, 1.82) is 0 Å². The molecular formula is C15H18ClN3S. The van der Waals surface area contributed by atoms with Gasteiger partial charge in [0.15, 0.2) is 5.96 Å². The predicted octanol–water partition coefficient (Wildman–Crippen LogP) is 3.99. The largest absolute Gasteiger partial charge is 0.370 e. The van der Waals surface area contributed by atoms with Gasteiger partial charge in [0.1, 0.15) is 0 Å². The van der Waals surface area contributed by atoms with Gasteiger partial charge in [0.05, 0.1) is 4.34 Å². The Bertz CT molecular complexity index is 619. The summed E-state index contributed by atoms with van der Waals surface area (Å²) in [7, 11) is 0. The molecular weight excluding hydrogens is 290 g/mol. The molecule has 0 saturated carbocycles. The van der Waals surface area contributed by atoms with Crippen molar-refractivity contribution in [2.45, 2.75) is 20.3 Å². The SMILES string of the molecule is Cc1ccc(NC(N)=NCCc2ccc(Cl)s2)cc1C. The summed E-state index contributed by atoms with van der Waals surface area (Å²) in [5, 5.41) is 3.11. The number of benzene rings is 1. The molecule has 0 bridgehead atoms. The number of nitrogens with zero attached hydrogens (tertiary/aromatic N) is 1. The summed E-state index contributed by atoms with van der Waals surface area (Å²) in [4.78, 5) is 5.54. The zero-order chi connectivity index (χ0) is 14.5. The lowest BCUT2D eigenvalue weighted by molar-refractivity contribution is 0.983. The van der Waals surface area contributed by atoms with Crippen molar-refractivity contribution in [2.75, 3.05) is 11.9 Å². The molecule has 0 aliphatic carbocycles. The molecule has 3 nitrogen and oxygen atoms in total.